The van der Waals surface area contributed by atoms with Crippen molar-refractivity contribution in [3.05, 3.63) is 12.2 Å². The summed E-state index contributed by atoms with van der Waals surface area (Å²) in [5.41, 5.74) is -0.0655. The second kappa shape index (κ2) is 12.1. The lowest BCUT2D eigenvalue weighted by Crippen LogP contribution is -2.30. The molecule has 0 aromatic rings. The minimum Gasteiger partial charge on any atom is -0.390 e. The zero-order valence-electron chi connectivity index (χ0n) is 16.3. The van der Waals surface area contributed by atoms with Crippen molar-refractivity contribution in [2.75, 3.05) is 0 Å². The summed E-state index contributed by atoms with van der Waals surface area (Å²) in [5, 5.41) is 21.5. The molecule has 0 spiro atoms. The van der Waals surface area contributed by atoms with Crippen molar-refractivity contribution in [3.8, 4) is 0 Å². The molecule has 0 aliphatic rings. The van der Waals surface area contributed by atoms with Crippen LogP contribution >= 0.6 is 0 Å². The van der Waals surface area contributed by atoms with Gasteiger partial charge in [-0.15, -0.1) is 0 Å². The Kier molecular flexibility index (Phi) is 11.9. The van der Waals surface area contributed by atoms with Gasteiger partial charge in [-0.3, -0.25) is 0 Å². The van der Waals surface area contributed by atoms with Crippen LogP contribution in [-0.2, 0) is 0 Å². The third-order valence-electron chi connectivity index (χ3n) is 5.33. The van der Waals surface area contributed by atoms with E-state index in [0.717, 1.165) is 56.9 Å². The van der Waals surface area contributed by atoms with Gasteiger partial charge < -0.3 is 10.2 Å². The van der Waals surface area contributed by atoms with Gasteiger partial charge in [0, 0.05) is 0 Å². The molecule has 0 atom stereocenters. The summed E-state index contributed by atoms with van der Waals surface area (Å²) in [4.78, 5) is 0. The Bertz CT molecular complexity index is 295. The largest absolute Gasteiger partial charge is 0.390 e. The highest BCUT2D eigenvalue weighted by molar-refractivity contribution is 5.02. The minimum atomic E-state index is -0.611. The lowest BCUT2D eigenvalue weighted by Gasteiger charge is -2.31. The molecule has 0 heterocycles. The van der Waals surface area contributed by atoms with E-state index in [0.29, 0.717) is 6.42 Å². The third-order valence-corrected chi connectivity index (χ3v) is 5.33. The molecule has 0 radical (unpaired) electrons. The van der Waals surface area contributed by atoms with Gasteiger partial charge in [-0.05, 0) is 44.9 Å². The molecule has 0 aromatic heterocycles. The molecule has 2 heteroatoms. The van der Waals surface area contributed by atoms with Crippen LogP contribution in [0.2, 0.25) is 0 Å². The predicted octanol–water partition coefficient (Wildman–Crippen LogP) is 6.16. The van der Waals surface area contributed by atoms with Gasteiger partial charge in [-0.2, -0.15) is 0 Å². The molecule has 0 aliphatic carbocycles. The molecule has 0 bridgehead atoms. The van der Waals surface area contributed by atoms with Crippen LogP contribution in [0.25, 0.3) is 0 Å². The second-order valence-corrected chi connectivity index (χ2v) is 7.50. The first-order valence-corrected chi connectivity index (χ1v) is 9.96. The molecule has 0 rings (SSSR count). The van der Waals surface area contributed by atoms with E-state index in [1.165, 1.54) is 25.7 Å². The molecule has 0 saturated heterocycles. The van der Waals surface area contributed by atoms with Gasteiger partial charge in [0.15, 0.2) is 0 Å². The number of unbranched alkanes of at least 4 members (excludes halogenated alkanes) is 4. The van der Waals surface area contributed by atoms with Gasteiger partial charge in [0.2, 0.25) is 0 Å². The van der Waals surface area contributed by atoms with Gasteiger partial charge in [0.05, 0.1) is 11.2 Å². The topological polar surface area (TPSA) is 40.5 Å². The number of rotatable bonds is 15. The Morgan fingerprint density at radius 3 is 1.61 bits per heavy atom. The Morgan fingerprint density at radius 1 is 0.739 bits per heavy atom. The number of hydrogen-bond donors (Lipinski definition) is 2. The summed E-state index contributed by atoms with van der Waals surface area (Å²) in [6.45, 7) is 12.6. The smallest absolute Gasteiger partial charge is 0.0679 e. The van der Waals surface area contributed by atoms with Crippen LogP contribution in [0.3, 0.4) is 0 Å². The molecule has 2 nitrogen and oxygen atoms in total. The van der Waals surface area contributed by atoms with Crippen molar-refractivity contribution in [2.45, 2.75) is 122 Å². The second-order valence-electron chi connectivity index (χ2n) is 7.50. The predicted molar refractivity (Wildman–Crippen MR) is 102 cm³/mol. The maximum Gasteiger partial charge on any atom is 0.0679 e. The van der Waals surface area contributed by atoms with Crippen LogP contribution in [-0.4, -0.2) is 21.4 Å². The van der Waals surface area contributed by atoms with E-state index in [1.54, 1.807) is 0 Å². The van der Waals surface area contributed by atoms with Gasteiger partial charge in [-0.1, -0.05) is 78.4 Å². The van der Waals surface area contributed by atoms with Gasteiger partial charge in [-0.25, -0.2) is 0 Å². The van der Waals surface area contributed by atoms with Crippen LogP contribution in [0, 0.1) is 0 Å². The summed E-state index contributed by atoms with van der Waals surface area (Å²) in [6.07, 6.45) is 12.6. The van der Waals surface area contributed by atoms with Crippen molar-refractivity contribution in [3.63, 3.8) is 0 Å². The molecule has 23 heavy (non-hydrogen) atoms. The van der Waals surface area contributed by atoms with Crippen LogP contribution in [0.15, 0.2) is 12.2 Å². The maximum absolute atomic E-state index is 11.0. The molecule has 0 amide bonds. The number of hydrogen-bond acceptors (Lipinski definition) is 2. The van der Waals surface area contributed by atoms with Crippen molar-refractivity contribution in [1.29, 1.82) is 0 Å². The monoisotopic (exact) mass is 326 g/mol. The van der Waals surface area contributed by atoms with Crippen molar-refractivity contribution in [2.24, 2.45) is 0 Å². The van der Waals surface area contributed by atoms with E-state index in [-0.39, 0.29) is 0 Å². The van der Waals surface area contributed by atoms with Crippen LogP contribution in [0.4, 0.5) is 0 Å². The summed E-state index contributed by atoms with van der Waals surface area (Å²) >= 11 is 0. The van der Waals surface area contributed by atoms with E-state index in [1.807, 2.05) is 13.8 Å². The Hall–Kier alpha value is -0.340. The highest BCUT2D eigenvalue weighted by Gasteiger charge is 2.27. The molecule has 138 valence electrons. The highest BCUT2D eigenvalue weighted by Crippen LogP contribution is 2.31. The Morgan fingerprint density at radius 2 is 1.22 bits per heavy atom. The maximum atomic E-state index is 11.0. The SMILES string of the molecule is C=C(CCC(O)(CCCCC)CCCCC)CC(O)(CC)CC. The minimum absolute atomic E-state index is 0.538. The standard InChI is InChI=1S/C21H42O2/c1-6-10-12-15-21(23,16-13-11-7-2)17-14-19(5)18-20(22,8-3)9-4/h22-23H,5-18H2,1-4H3. The first kappa shape index (κ1) is 22.7. The zero-order chi connectivity index (χ0) is 17.8. The van der Waals surface area contributed by atoms with E-state index < -0.39 is 11.2 Å². The highest BCUT2D eigenvalue weighted by atomic mass is 16.3. The van der Waals surface area contributed by atoms with Gasteiger partial charge in [0.1, 0.15) is 0 Å². The lowest BCUT2D eigenvalue weighted by molar-refractivity contribution is 0.00647. The Labute approximate surface area is 145 Å². The average Bonchev–Trinajstić information content (AvgIpc) is 2.53. The van der Waals surface area contributed by atoms with Gasteiger partial charge >= 0.3 is 0 Å². The fourth-order valence-corrected chi connectivity index (χ4v) is 3.25. The molecular formula is C21H42O2. The Balaban J connectivity index is 4.47. The normalized spacial score (nSPS) is 12.6. The van der Waals surface area contributed by atoms with Gasteiger partial charge in [0.25, 0.3) is 0 Å². The lowest BCUT2D eigenvalue weighted by atomic mass is 9.82. The summed E-state index contributed by atoms with van der Waals surface area (Å²) in [7, 11) is 0. The molecule has 0 aromatic carbocycles. The fourth-order valence-electron chi connectivity index (χ4n) is 3.25. The van der Waals surface area contributed by atoms with E-state index in [9.17, 15) is 10.2 Å². The van der Waals surface area contributed by atoms with Crippen molar-refractivity contribution < 1.29 is 10.2 Å². The fraction of sp³-hybridized carbons (Fsp3) is 0.905. The molecule has 0 aliphatic heterocycles. The van der Waals surface area contributed by atoms with Crippen LogP contribution in [0.5, 0.6) is 0 Å². The summed E-state index contributed by atoms with van der Waals surface area (Å²) < 4.78 is 0. The zero-order valence-corrected chi connectivity index (χ0v) is 16.3. The van der Waals surface area contributed by atoms with Crippen LogP contribution < -0.4 is 0 Å². The van der Waals surface area contributed by atoms with E-state index in [4.69, 9.17) is 0 Å². The molecular weight excluding hydrogens is 284 g/mol. The molecule has 0 saturated carbocycles. The first-order chi connectivity index (χ1) is 10.8. The van der Waals surface area contributed by atoms with E-state index >= 15 is 0 Å². The summed E-state index contributed by atoms with van der Waals surface area (Å²) in [6, 6.07) is 0. The first-order valence-electron chi connectivity index (χ1n) is 9.96. The third kappa shape index (κ3) is 10.2. The summed E-state index contributed by atoms with van der Waals surface area (Å²) in [5.74, 6) is 0. The van der Waals surface area contributed by atoms with Crippen LogP contribution in [0.1, 0.15) is 111 Å². The molecule has 0 fully saturated rings. The van der Waals surface area contributed by atoms with E-state index in [2.05, 4.69) is 20.4 Å². The average molecular weight is 327 g/mol. The van der Waals surface area contributed by atoms with Crippen molar-refractivity contribution >= 4 is 0 Å². The molecule has 0 unspecified atom stereocenters. The molecule has 2 N–H and O–H groups in total. The quantitative estimate of drug-likeness (QED) is 0.280. The van der Waals surface area contributed by atoms with Crippen molar-refractivity contribution in [1.82, 2.24) is 0 Å². The number of aliphatic hydroxyl groups is 2.